The molecule has 4 atom stereocenters. The molecule has 272 valence electrons. The first-order valence-corrected chi connectivity index (χ1v) is 18.1. The van der Waals surface area contributed by atoms with Crippen molar-refractivity contribution in [2.75, 3.05) is 23.7 Å². The number of pyridine rings is 2. The van der Waals surface area contributed by atoms with Crippen molar-refractivity contribution >= 4 is 35.0 Å². The summed E-state index contributed by atoms with van der Waals surface area (Å²) in [4.78, 5) is 62.8. The first kappa shape index (κ1) is 37.9. The Balaban J connectivity index is 0.000000201. The van der Waals surface area contributed by atoms with E-state index in [1.54, 1.807) is 22.2 Å². The Morgan fingerprint density at radius 3 is 1.29 bits per heavy atom. The molecule has 0 spiro atoms. The van der Waals surface area contributed by atoms with Crippen molar-refractivity contribution in [1.29, 1.82) is 0 Å². The van der Waals surface area contributed by atoms with Gasteiger partial charge in [-0.3, -0.25) is 29.1 Å². The van der Waals surface area contributed by atoms with E-state index in [0.29, 0.717) is 36.3 Å². The van der Waals surface area contributed by atoms with Crippen molar-refractivity contribution in [1.82, 2.24) is 19.8 Å². The molecule has 0 bridgehead atoms. The Morgan fingerprint density at radius 1 is 0.577 bits per heavy atom. The zero-order valence-electron chi connectivity index (χ0n) is 31.1. The van der Waals surface area contributed by atoms with Crippen molar-refractivity contribution in [2.24, 2.45) is 11.8 Å². The van der Waals surface area contributed by atoms with E-state index < -0.39 is 23.6 Å². The number of amides is 4. The van der Waals surface area contributed by atoms with Crippen LogP contribution in [-0.4, -0.2) is 56.5 Å². The van der Waals surface area contributed by atoms with Crippen LogP contribution in [0.2, 0.25) is 0 Å². The Hall–Kier alpha value is -5.38. The van der Waals surface area contributed by atoms with E-state index in [1.807, 2.05) is 100 Å². The molecule has 2 aliphatic heterocycles. The number of rotatable bonds is 4. The SMILES string of the molecule is Cc1cc(NC(=O)C(=O)N2C[C@@H](C)CC[C@@H]2c2ccccc2)cnc1C.Cc1cc(NC(=O)C(=O)N2C[C@H](C)CC[C@H]2c2ccccc2)cnc1C. The molecule has 2 aromatic carbocycles. The van der Waals surface area contributed by atoms with E-state index >= 15 is 0 Å². The fourth-order valence-corrected chi connectivity index (χ4v) is 6.85. The molecule has 0 radical (unpaired) electrons. The number of carbonyl (C=O) groups excluding carboxylic acids is 4. The number of carbonyl (C=O) groups is 4. The topological polar surface area (TPSA) is 125 Å². The van der Waals surface area contributed by atoms with Crippen LogP contribution >= 0.6 is 0 Å². The lowest BCUT2D eigenvalue weighted by Crippen LogP contribution is -2.46. The molecule has 2 fully saturated rings. The first-order valence-electron chi connectivity index (χ1n) is 18.1. The maximum atomic E-state index is 12.9. The van der Waals surface area contributed by atoms with Crippen LogP contribution in [0.5, 0.6) is 0 Å². The molecule has 10 nitrogen and oxygen atoms in total. The van der Waals surface area contributed by atoms with Crippen LogP contribution in [-0.2, 0) is 19.2 Å². The summed E-state index contributed by atoms with van der Waals surface area (Å²) in [5.41, 5.74) is 7.02. The number of nitrogens with zero attached hydrogens (tertiary/aromatic N) is 4. The number of hydrogen-bond acceptors (Lipinski definition) is 6. The molecule has 6 rings (SSSR count). The summed E-state index contributed by atoms with van der Waals surface area (Å²) < 4.78 is 0. The predicted molar refractivity (Wildman–Crippen MR) is 203 cm³/mol. The van der Waals surface area contributed by atoms with Crippen molar-refractivity contribution in [3.63, 3.8) is 0 Å². The largest absolute Gasteiger partial charge is 0.327 e. The lowest BCUT2D eigenvalue weighted by Gasteiger charge is -2.38. The molecular weight excluding hydrogens is 652 g/mol. The average molecular weight is 703 g/mol. The van der Waals surface area contributed by atoms with Crippen molar-refractivity contribution in [2.45, 2.75) is 79.3 Å². The number of likely N-dealkylation sites (tertiary alicyclic amines) is 2. The van der Waals surface area contributed by atoms with Crippen molar-refractivity contribution in [3.05, 3.63) is 119 Å². The molecule has 2 saturated heterocycles. The van der Waals surface area contributed by atoms with Gasteiger partial charge in [0.25, 0.3) is 0 Å². The van der Waals surface area contributed by atoms with E-state index in [0.717, 1.165) is 59.3 Å². The van der Waals surface area contributed by atoms with Gasteiger partial charge in [-0.2, -0.15) is 0 Å². The van der Waals surface area contributed by atoms with Crippen LogP contribution in [0.4, 0.5) is 11.4 Å². The van der Waals surface area contributed by atoms with E-state index in [2.05, 4.69) is 34.4 Å². The van der Waals surface area contributed by atoms with Gasteiger partial charge in [-0.1, -0.05) is 74.5 Å². The molecule has 2 aromatic heterocycles. The smallest absolute Gasteiger partial charge is 0.313 e. The van der Waals surface area contributed by atoms with Crippen LogP contribution in [0.3, 0.4) is 0 Å². The van der Waals surface area contributed by atoms with Crippen LogP contribution in [0, 0.1) is 39.5 Å². The first-order chi connectivity index (χ1) is 24.9. The molecule has 52 heavy (non-hydrogen) atoms. The molecule has 10 heteroatoms. The molecule has 0 aliphatic carbocycles. The van der Waals surface area contributed by atoms with Gasteiger partial charge in [-0.15, -0.1) is 0 Å². The summed E-state index contributed by atoms with van der Waals surface area (Å²) in [5.74, 6) is -1.41. The number of benzene rings is 2. The molecule has 2 N–H and O–H groups in total. The summed E-state index contributed by atoms with van der Waals surface area (Å²) in [7, 11) is 0. The standard InChI is InChI=1S/2C21H25N3O2/c2*1-14-9-10-19(17-7-5-4-6-8-17)24(13-14)21(26)20(25)23-18-11-15(2)16(3)22-12-18/h2*4-8,11-12,14,19H,9-10,13H2,1-3H3,(H,23,25)/t2*14-,19+/m10/s1. The number of aryl methyl sites for hydroxylation is 4. The fourth-order valence-electron chi connectivity index (χ4n) is 6.85. The van der Waals surface area contributed by atoms with Gasteiger partial charge < -0.3 is 20.4 Å². The molecule has 4 amide bonds. The van der Waals surface area contributed by atoms with E-state index in [1.165, 1.54) is 0 Å². The minimum atomic E-state index is -0.606. The number of hydrogen-bond donors (Lipinski definition) is 2. The summed E-state index contributed by atoms with van der Waals surface area (Å²) in [6, 6.07) is 23.4. The summed E-state index contributed by atoms with van der Waals surface area (Å²) in [6.07, 6.45) is 7.00. The Bertz CT molecular complexity index is 1750. The molecule has 4 aromatic rings. The molecule has 0 saturated carbocycles. The van der Waals surface area contributed by atoms with Gasteiger partial charge in [0, 0.05) is 24.5 Å². The van der Waals surface area contributed by atoms with Crippen LogP contribution in [0.1, 0.15) is 85.3 Å². The second-order valence-corrected chi connectivity index (χ2v) is 14.3. The highest BCUT2D eigenvalue weighted by Gasteiger charge is 2.35. The van der Waals surface area contributed by atoms with Gasteiger partial charge in [0.1, 0.15) is 0 Å². The summed E-state index contributed by atoms with van der Waals surface area (Å²) in [6.45, 7) is 13.1. The highest BCUT2D eigenvalue weighted by atomic mass is 16.2. The van der Waals surface area contributed by atoms with Crippen LogP contribution < -0.4 is 10.6 Å². The van der Waals surface area contributed by atoms with Crippen molar-refractivity contribution in [3.8, 4) is 0 Å². The maximum Gasteiger partial charge on any atom is 0.313 e. The highest BCUT2D eigenvalue weighted by Crippen LogP contribution is 2.34. The molecular formula is C42H50N6O4. The van der Waals surface area contributed by atoms with Gasteiger partial charge >= 0.3 is 23.6 Å². The van der Waals surface area contributed by atoms with E-state index in [9.17, 15) is 19.2 Å². The Kier molecular flexibility index (Phi) is 12.5. The summed E-state index contributed by atoms with van der Waals surface area (Å²) >= 11 is 0. The van der Waals surface area contributed by atoms with Gasteiger partial charge in [-0.25, -0.2) is 0 Å². The third kappa shape index (κ3) is 9.48. The van der Waals surface area contributed by atoms with Gasteiger partial charge in [0.2, 0.25) is 0 Å². The lowest BCUT2D eigenvalue weighted by molar-refractivity contribution is -0.146. The molecule has 4 heterocycles. The molecule has 2 aliphatic rings. The molecule has 0 unspecified atom stereocenters. The fraction of sp³-hybridized carbons (Fsp3) is 0.381. The lowest BCUT2D eigenvalue weighted by atomic mass is 9.90. The number of aromatic nitrogens is 2. The van der Waals surface area contributed by atoms with Gasteiger partial charge in [0.05, 0.1) is 35.9 Å². The van der Waals surface area contributed by atoms with E-state index in [4.69, 9.17) is 0 Å². The average Bonchev–Trinajstić information content (AvgIpc) is 3.15. The Labute approximate surface area is 307 Å². The van der Waals surface area contributed by atoms with Gasteiger partial charge in [0.15, 0.2) is 0 Å². The normalized spacial score (nSPS) is 19.9. The zero-order chi connectivity index (χ0) is 37.4. The monoisotopic (exact) mass is 702 g/mol. The van der Waals surface area contributed by atoms with E-state index in [-0.39, 0.29) is 12.1 Å². The number of nitrogens with one attached hydrogen (secondary N) is 2. The zero-order valence-corrected chi connectivity index (χ0v) is 31.1. The highest BCUT2D eigenvalue weighted by molar-refractivity contribution is 6.40. The second kappa shape index (κ2) is 17.2. The second-order valence-electron chi connectivity index (χ2n) is 14.3. The predicted octanol–water partition coefficient (Wildman–Crippen LogP) is 7.27. The minimum Gasteiger partial charge on any atom is -0.327 e. The third-order valence-electron chi connectivity index (χ3n) is 10.1. The number of anilines is 2. The van der Waals surface area contributed by atoms with Crippen LogP contribution in [0.15, 0.2) is 85.2 Å². The third-order valence-corrected chi connectivity index (χ3v) is 10.1. The van der Waals surface area contributed by atoms with Gasteiger partial charge in [-0.05, 0) is 99.6 Å². The number of piperidine rings is 2. The van der Waals surface area contributed by atoms with Crippen molar-refractivity contribution < 1.29 is 19.2 Å². The summed E-state index contributed by atoms with van der Waals surface area (Å²) in [5, 5.41) is 5.40. The van der Waals surface area contributed by atoms with Crippen LogP contribution in [0.25, 0.3) is 0 Å². The minimum absolute atomic E-state index is 0.0523. The Morgan fingerprint density at radius 2 is 0.942 bits per heavy atom. The quantitative estimate of drug-likeness (QED) is 0.216. The maximum absolute atomic E-state index is 12.9.